The van der Waals surface area contributed by atoms with E-state index in [9.17, 15) is 4.79 Å². The lowest BCUT2D eigenvalue weighted by atomic mass is 10.1. The van der Waals surface area contributed by atoms with Gasteiger partial charge in [0.25, 0.3) is 0 Å². The summed E-state index contributed by atoms with van der Waals surface area (Å²) in [5, 5.41) is 6.92. The van der Waals surface area contributed by atoms with Crippen LogP contribution in [0.5, 0.6) is 0 Å². The van der Waals surface area contributed by atoms with Crippen molar-refractivity contribution in [1.29, 1.82) is 0 Å². The average Bonchev–Trinajstić information content (AvgIpc) is 2.92. The molecule has 3 rings (SSSR count). The zero-order chi connectivity index (χ0) is 15.5. The number of anilines is 1. The van der Waals surface area contributed by atoms with Crippen molar-refractivity contribution in [2.24, 2.45) is 0 Å². The van der Waals surface area contributed by atoms with E-state index in [4.69, 9.17) is 0 Å². The molecule has 0 fully saturated rings. The number of benzene rings is 2. The number of hydrogen-bond acceptors (Lipinski definition) is 1. The minimum absolute atomic E-state index is 0.197. The van der Waals surface area contributed by atoms with E-state index in [1.807, 2.05) is 56.4 Å². The number of urea groups is 1. The summed E-state index contributed by atoms with van der Waals surface area (Å²) >= 11 is 0. The summed E-state index contributed by atoms with van der Waals surface area (Å²) in [6.45, 7) is 4.53. The summed E-state index contributed by atoms with van der Waals surface area (Å²) in [6, 6.07) is 13.8. The fraction of sp³-hybridized carbons (Fsp3) is 0.167. The van der Waals surface area contributed by atoms with Crippen molar-refractivity contribution >= 4 is 22.6 Å². The SMILES string of the molecule is Cc1cc(C)cc(NC(=O)NCc2cccc3[nH]ccc23)c1. The molecule has 1 aromatic heterocycles. The molecule has 3 N–H and O–H groups in total. The van der Waals surface area contributed by atoms with E-state index in [0.717, 1.165) is 33.3 Å². The molecule has 0 saturated carbocycles. The molecular weight excluding hydrogens is 274 g/mol. The number of aromatic nitrogens is 1. The van der Waals surface area contributed by atoms with Crippen LogP contribution in [0.2, 0.25) is 0 Å². The number of aryl methyl sites for hydroxylation is 2. The van der Waals surface area contributed by atoms with Crippen LogP contribution in [-0.4, -0.2) is 11.0 Å². The van der Waals surface area contributed by atoms with E-state index in [-0.39, 0.29) is 6.03 Å². The molecule has 1 heterocycles. The van der Waals surface area contributed by atoms with E-state index >= 15 is 0 Å². The van der Waals surface area contributed by atoms with Gasteiger partial charge in [-0.1, -0.05) is 18.2 Å². The molecule has 0 radical (unpaired) electrons. The molecule has 3 aromatic rings. The van der Waals surface area contributed by atoms with Crippen molar-refractivity contribution in [2.75, 3.05) is 5.32 Å². The number of carbonyl (C=O) groups is 1. The number of amides is 2. The first kappa shape index (κ1) is 14.2. The van der Waals surface area contributed by atoms with Crippen LogP contribution in [0.3, 0.4) is 0 Å². The standard InChI is InChI=1S/C18H19N3O/c1-12-8-13(2)10-15(9-12)21-18(22)20-11-14-4-3-5-17-16(14)6-7-19-17/h3-10,19H,11H2,1-2H3,(H2,20,21,22). The van der Waals surface area contributed by atoms with E-state index in [1.54, 1.807) is 0 Å². The van der Waals surface area contributed by atoms with E-state index in [0.29, 0.717) is 6.54 Å². The molecular formula is C18H19N3O. The Morgan fingerprint density at radius 2 is 1.86 bits per heavy atom. The highest BCUT2D eigenvalue weighted by Crippen LogP contribution is 2.17. The van der Waals surface area contributed by atoms with Gasteiger partial charge in [0.1, 0.15) is 0 Å². The van der Waals surface area contributed by atoms with Gasteiger partial charge in [-0.15, -0.1) is 0 Å². The Labute approximate surface area is 129 Å². The molecule has 0 spiro atoms. The third kappa shape index (κ3) is 3.11. The van der Waals surface area contributed by atoms with Gasteiger partial charge in [0.15, 0.2) is 0 Å². The molecule has 112 valence electrons. The molecule has 4 nitrogen and oxygen atoms in total. The fourth-order valence-electron chi connectivity index (χ4n) is 2.70. The molecule has 0 bridgehead atoms. The van der Waals surface area contributed by atoms with Crippen LogP contribution in [0.15, 0.2) is 48.7 Å². The van der Waals surface area contributed by atoms with Gasteiger partial charge >= 0.3 is 6.03 Å². The second-order valence-corrected chi connectivity index (χ2v) is 5.54. The van der Waals surface area contributed by atoms with Crippen LogP contribution in [-0.2, 0) is 6.54 Å². The summed E-state index contributed by atoms with van der Waals surface area (Å²) in [7, 11) is 0. The van der Waals surface area contributed by atoms with Crippen molar-refractivity contribution in [3.63, 3.8) is 0 Å². The van der Waals surface area contributed by atoms with Crippen LogP contribution in [0.4, 0.5) is 10.5 Å². The van der Waals surface area contributed by atoms with E-state index < -0.39 is 0 Å². The minimum Gasteiger partial charge on any atom is -0.361 e. The summed E-state index contributed by atoms with van der Waals surface area (Å²) < 4.78 is 0. The van der Waals surface area contributed by atoms with Gasteiger partial charge in [0.2, 0.25) is 0 Å². The number of carbonyl (C=O) groups excluding carboxylic acids is 1. The first-order valence-corrected chi connectivity index (χ1v) is 7.30. The summed E-state index contributed by atoms with van der Waals surface area (Å²) in [6.07, 6.45) is 1.91. The molecule has 0 atom stereocenters. The maximum absolute atomic E-state index is 12.1. The smallest absolute Gasteiger partial charge is 0.319 e. The van der Waals surface area contributed by atoms with Crippen molar-refractivity contribution < 1.29 is 4.79 Å². The molecule has 2 aromatic carbocycles. The van der Waals surface area contributed by atoms with Crippen molar-refractivity contribution in [1.82, 2.24) is 10.3 Å². The highest BCUT2D eigenvalue weighted by Gasteiger charge is 2.05. The zero-order valence-electron chi connectivity index (χ0n) is 12.7. The molecule has 4 heteroatoms. The maximum Gasteiger partial charge on any atom is 0.319 e. The summed E-state index contributed by atoms with van der Waals surface area (Å²) in [4.78, 5) is 15.2. The second kappa shape index (κ2) is 5.93. The van der Waals surface area contributed by atoms with Crippen molar-refractivity contribution in [2.45, 2.75) is 20.4 Å². The lowest BCUT2D eigenvalue weighted by molar-refractivity contribution is 0.252. The first-order chi connectivity index (χ1) is 10.6. The highest BCUT2D eigenvalue weighted by molar-refractivity contribution is 5.90. The third-order valence-corrected chi connectivity index (χ3v) is 3.60. The second-order valence-electron chi connectivity index (χ2n) is 5.54. The van der Waals surface area contributed by atoms with Crippen LogP contribution < -0.4 is 10.6 Å². The summed E-state index contributed by atoms with van der Waals surface area (Å²) in [5.74, 6) is 0. The molecule has 2 amide bonds. The molecule has 0 saturated heterocycles. The number of nitrogens with one attached hydrogen (secondary N) is 3. The predicted octanol–water partition coefficient (Wildman–Crippen LogP) is 4.11. The molecule has 0 unspecified atom stereocenters. The molecule has 22 heavy (non-hydrogen) atoms. The van der Waals surface area contributed by atoms with Gasteiger partial charge < -0.3 is 15.6 Å². The lowest BCUT2D eigenvalue weighted by Gasteiger charge is -2.10. The quantitative estimate of drug-likeness (QED) is 0.669. The molecule has 0 aliphatic rings. The van der Waals surface area contributed by atoms with Crippen LogP contribution in [0.25, 0.3) is 10.9 Å². The Kier molecular flexibility index (Phi) is 3.83. The van der Waals surface area contributed by atoms with Gasteiger partial charge in [0.05, 0.1) is 0 Å². The van der Waals surface area contributed by atoms with E-state index in [1.165, 1.54) is 0 Å². The Balaban J connectivity index is 1.66. The van der Waals surface area contributed by atoms with Gasteiger partial charge in [-0.2, -0.15) is 0 Å². The van der Waals surface area contributed by atoms with Crippen LogP contribution in [0, 0.1) is 13.8 Å². The monoisotopic (exact) mass is 293 g/mol. The number of fused-ring (bicyclic) bond motifs is 1. The van der Waals surface area contributed by atoms with Gasteiger partial charge in [0, 0.05) is 29.3 Å². The maximum atomic E-state index is 12.1. The Bertz CT molecular complexity index is 800. The van der Waals surface area contributed by atoms with Gasteiger partial charge in [-0.05, 0) is 54.8 Å². The number of rotatable bonds is 3. The van der Waals surface area contributed by atoms with E-state index in [2.05, 4.69) is 21.7 Å². The third-order valence-electron chi connectivity index (χ3n) is 3.60. The van der Waals surface area contributed by atoms with Crippen LogP contribution >= 0.6 is 0 Å². The molecule has 0 aliphatic carbocycles. The zero-order valence-corrected chi connectivity index (χ0v) is 12.7. The Morgan fingerprint density at radius 1 is 1.09 bits per heavy atom. The van der Waals surface area contributed by atoms with Crippen LogP contribution in [0.1, 0.15) is 16.7 Å². The van der Waals surface area contributed by atoms with Crippen molar-refractivity contribution in [3.8, 4) is 0 Å². The summed E-state index contributed by atoms with van der Waals surface area (Å²) in [5.41, 5.74) is 5.25. The highest BCUT2D eigenvalue weighted by atomic mass is 16.2. The minimum atomic E-state index is -0.197. The molecule has 0 aliphatic heterocycles. The predicted molar refractivity (Wildman–Crippen MR) is 90.1 cm³/mol. The average molecular weight is 293 g/mol. The largest absolute Gasteiger partial charge is 0.361 e. The van der Waals surface area contributed by atoms with Gasteiger partial charge in [-0.3, -0.25) is 0 Å². The Morgan fingerprint density at radius 3 is 2.64 bits per heavy atom. The first-order valence-electron chi connectivity index (χ1n) is 7.30. The number of hydrogen-bond donors (Lipinski definition) is 3. The van der Waals surface area contributed by atoms with Crippen molar-refractivity contribution in [3.05, 3.63) is 65.4 Å². The lowest BCUT2D eigenvalue weighted by Crippen LogP contribution is -2.28. The van der Waals surface area contributed by atoms with Gasteiger partial charge in [-0.25, -0.2) is 4.79 Å². The fourth-order valence-corrected chi connectivity index (χ4v) is 2.70. The topological polar surface area (TPSA) is 56.9 Å². The number of H-pyrrole nitrogens is 1. The Hall–Kier alpha value is -2.75. The normalized spacial score (nSPS) is 10.6. The number of aromatic amines is 1.